The minimum absolute atomic E-state index is 0.0891. The van der Waals surface area contributed by atoms with Gasteiger partial charge in [-0.2, -0.15) is 0 Å². The smallest absolute Gasteiger partial charge is 0.254 e. The van der Waals surface area contributed by atoms with Crippen molar-refractivity contribution in [2.24, 2.45) is 11.8 Å². The molecule has 0 bridgehead atoms. The molecule has 2 atom stereocenters. The molecule has 2 aliphatic rings. The van der Waals surface area contributed by atoms with Gasteiger partial charge in [0.05, 0.1) is 17.4 Å². The molecule has 0 saturated carbocycles. The third kappa shape index (κ3) is 1.80. The lowest BCUT2D eigenvalue weighted by molar-refractivity contribution is 0.0603. The van der Waals surface area contributed by atoms with E-state index in [2.05, 4.69) is 34.0 Å². The molecule has 1 aromatic carbocycles. The number of nitrogens with zero attached hydrogens (tertiary/aromatic N) is 2. The maximum Gasteiger partial charge on any atom is 0.254 e. The van der Waals surface area contributed by atoms with E-state index in [1.54, 1.807) is 6.33 Å². The summed E-state index contributed by atoms with van der Waals surface area (Å²) in [6.45, 7) is 7.28. The number of H-pyrrole nitrogens is 1. The predicted molar refractivity (Wildman–Crippen MR) is 81.1 cm³/mol. The fourth-order valence-corrected chi connectivity index (χ4v) is 3.99. The molecule has 4 rings (SSSR count). The van der Waals surface area contributed by atoms with E-state index in [4.69, 9.17) is 0 Å². The molecule has 110 valence electrons. The first-order chi connectivity index (χ1) is 10.1. The number of aromatic nitrogens is 2. The van der Waals surface area contributed by atoms with Crippen molar-refractivity contribution in [2.75, 3.05) is 19.6 Å². The Hall–Kier alpha value is -1.88. The molecule has 0 aliphatic carbocycles. The van der Waals surface area contributed by atoms with Gasteiger partial charge in [-0.25, -0.2) is 4.98 Å². The predicted octanol–water partition coefficient (Wildman–Crippen LogP) is 1.63. The Morgan fingerprint density at radius 1 is 1.38 bits per heavy atom. The number of benzene rings is 1. The zero-order valence-corrected chi connectivity index (χ0v) is 12.4. The molecule has 0 spiro atoms. The van der Waals surface area contributed by atoms with Gasteiger partial charge in [-0.15, -0.1) is 0 Å². The maximum atomic E-state index is 12.9. The normalized spacial score (nSPS) is 27.2. The number of rotatable bonds is 1. The van der Waals surface area contributed by atoms with E-state index >= 15 is 0 Å². The van der Waals surface area contributed by atoms with Crippen molar-refractivity contribution in [3.8, 4) is 0 Å². The Kier molecular flexibility index (Phi) is 2.63. The van der Waals surface area contributed by atoms with Crippen molar-refractivity contribution in [3.05, 3.63) is 30.1 Å². The lowest BCUT2D eigenvalue weighted by Crippen LogP contribution is -2.47. The van der Waals surface area contributed by atoms with Gasteiger partial charge in [0, 0.05) is 30.7 Å². The van der Waals surface area contributed by atoms with Crippen LogP contribution in [0.5, 0.6) is 0 Å². The van der Waals surface area contributed by atoms with Gasteiger partial charge < -0.3 is 15.2 Å². The molecule has 5 heteroatoms. The largest absolute Gasteiger partial charge is 0.345 e. The van der Waals surface area contributed by atoms with Crippen LogP contribution in [-0.2, 0) is 0 Å². The fraction of sp³-hybridized carbons (Fsp3) is 0.500. The average Bonchev–Trinajstić information content (AvgIpc) is 3.15. The molecule has 2 unspecified atom stereocenters. The van der Waals surface area contributed by atoms with Crippen LogP contribution in [0.4, 0.5) is 0 Å². The van der Waals surface area contributed by atoms with E-state index in [1.807, 2.05) is 18.2 Å². The number of amides is 1. The highest BCUT2D eigenvalue weighted by atomic mass is 16.2. The van der Waals surface area contributed by atoms with Gasteiger partial charge in [0.25, 0.3) is 5.91 Å². The second kappa shape index (κ2) is 4.31. The van der Waals surface area contributed by atoms with Crippen LogP contribution in [0.25, 0.3) is 11.0 Å². The minimum Gasteiger partial charge on any atom is -0.345 e. The number of fused-ring (bicyclic) bond motifs is 2. The Morgan fingerprint density at radius 2 is 2.24 bits per heavy atom. The summed E-state index contributed by atoms with van der Waals surface area (Å²) in [5.74, 6) is 1.27. The van der Waals surface area contributed by atoms with Gasteiger partial charge >= 0.3 is 0 Å². The molecule has 5 nitrogen and oxygen atoms in total. The summed E-state index contributed by atoms with van der Waals surface area (Å²) in [6, 6.07) is 5.70. The number of nitrogens with one attached hydrogen (secondary N) is 2. The molecule has 2 N–H and O–H groups in total. The average molecular weight is 284 g/mol. The van der Waals surface area contributed by atoms with E-state index in [-0.39, 0.29) is 11.4 Å². The van der Waals surface area contributed by atoms with Crippen LogP contribution in [0.2, 0.25) is 0 Å². The standard InChI is InChI=1S/C16H20N4O/c1-16(2)12-7-17-6-11(12)8-20(16)15(21)10-3-4-13-14(5-10)19-9-18-13/h3-5,9,11-12,17H,6-8H2,1-2H3,(H,18,19). The fourth-order valence-electron chi connectivity index (χ4n) is 3.99. The lowest BCUT2D eigenvalue weighted by atomic mass is 9.84. The van der Waals surface area contributed by atoms with Crippen molar-refractivity contribution in [2.45, 2.75) is 19.4 Å². The number of carbonyl (C=O) groups excluding carboxylic acids is 1. The summed E-state index contributed by atoms with van der Waals surface area (Å²) in [5.41, 5.74) is 2.47. The van der Waals surface area contributed by atoms with Crippen molar-refractivity contribution >= 4 is 16.9 Å². The van der Waals surface area contributed by atoms with Crippen LogP contribution < -0.4 is 5.32 Å². The summed E-state index contributed by atoms with van der Waals surface area (Å²) < 4.78 is 0. The summed E-state index contributed by atoms with van der Waals surface area (Å²) in [7, 11) is 0. The molecule has 2 fully saturated rings. The second-order valence-electron chi connectivity index (χ2n) is 6.73. The SMILES string of the molecule is CC1(C)C2CNCC2CN1C(=O)c1ccc2nc[nH]c2c1. The van der Waals surface area contributed by atoms with Crippen LogP contribution in [0, 0.1) is 11.8 Å². The van der Waals surface area contributed by atoms with Crippen LogP contribution in [-0.4, -0.2) is 45.9 Å². The van der Waals surface area contributed by atoms with Crippen molar-refractivity contribution in [3.63, 3.8) is 0 Å². The number of hydrogen-bond acceptors (Lipinski definition) is 3. The van der Waals surface area contributed by atoms with Gasteiger partial charge in [-0.05, 0) is 43.9 Å². The molecule has 1 amide bonds. The summed E-state index contributed by atoms with van der Waals surface area (Å²) in [6.07, 6.45) is 1.66. The zero-order valence-electron chi connectivity index (χ0n) is 12.4. The molecule has 2 saturated heterocycles. The third-order valence-electron chi connectivity index (χ3n) is 5.27. The monoisotopic (exact) mass is 284 g/mol. The molecule has 3 heterocycles. The number of likely N-dealkylation sites (tertiary alicyclic amines) is 1. The van der Waals surface area contributed by atoms with E-state index in [0.29, 0.717) is 11.8 Å². The highest BCUT2D eigenvalue weighted by molar-refractivity contribution is 5.98. The number of aromatic amines is 1. The Labute approximate surface area is 123 Å². The van der Waals surface area contributed by atoms with Gasteiger partial charge in [0.2, 0.25) is 0 Å². The highest BCUT2D eigenvalue weighted by Gasteiger charge is 2.51. The molecule has 1 aromatic heterocycles. The van der Waals surface area contributed by atoms with E-state index in [9.17, 15) is 4.79 Å². The Balaban J connectivity index is 1.68. The van der Waals surface area contributed by atoms with E-state index in [1.165, 1.54) is 0 Å². The topological polar surface area (TPSA) is 61.0 Å². The number of carbonyl (C=O) groups is 1. The molecule has 21 heavy (non-hydrogen) atoms. The van der Waals surface area contributed by atoms with Crippen molar-refractivity contribution in [1.29, 1.82) is 0 Å². The van der Waals surface area contributed by atoms with Gasteiger partial charge in [-0.1, -0.05) is 0 Å². The molecule has 2 aliphatic heterocycles. The highest BCUT2D eigenvalue weighted by Crippen LogP contribution is 2.41. The number of imidazole rings is 1. The van der Waals surface area contributed by atoms with Crippen LogP contribution in [0.3, 0.4) is 0 Å². The number of hydrogen-bond donors (Lipinski definition) is 2. The minimum atomic E-state index is -0.0891. The Morgan fingerprint density at radius 3 is 3.05 bits per heavy atom. The first-order valence-corrected chi connectivity index (χ1v) is 7.53. The molecule has 0 radical (unpaired) electrons. The second-order valence-corrected chi connectivity index (χ2v) is 6.73. The van der Waals surface area contributed by atoms with Gasteiger partial charge in [-0.3, -0.25) is 4.79 Å². The molecular weight excluding hydrogens is 264 g/mol. The Bertz CT molecular complexity index is 705. The first-order valence-electron chi connectivity index (χ1n) is 7.53. The van der Waals surface area contributed by atoms with Crippen molar-refractivity contribution in [1.82, 2.24) is 20.2 Å². The lowest BCUT2D eigenvalue weighted by Gasteiger charge is -2.35. The van der Waals surface area contributed by atoms with Crippen molar-refractivity contribution < 1.29 is 4.79 Å². The summed E-state index contributed by atoms with van der Waals surface area (Å²) in [5, 5.41) is 3.45. The molecular formula is C16H20N4O. The third-order valence-corrected chi connectivity index (χ3v) is 5.27. The van der Waals surface area contributed by atoms with Crippen LogP contribution in [0.1, 0.15) is 24.2 Å². The summed E-state index contributed by atoms with van der Waals surface area (Å²) in [4.78, 5) is 22.3. The van der Waals surface area contributed by atoms with Gasteiger partial charge in [0.15, 0.2) is 0 Å². The van der Waals surface area contributed by atoms with E-state index in [0.717, 1.165) is 36.2 Å². The molecule has 2 aromatic rings. The zero-order chi connectivity index (χ0) is 14.6. The first kappa shape index (κ1) is 12.8. The summed E-state index contributed by atoms with van der Waals surface area (Å²) >= 11 is 0. The van der Waals surface area contributed by atoms with Crippen LogP contribution in [0.15, 0.2) is 24.5 Å². The quantitative estimate of drug-likeness (QED) is 0.837. The maximum absolute atomic E-state index is 12.9. The van der Waals surface area contributed by atoms with E-state index < -0.39 is 0 Å². The van der Waals surface area contributed by atoms with Gasteiger partial charge in [0.1, 0.15) is 0 Å². The van der Waals surface area contributed by atoms with Crippen LogP contribution >= 0.6 is 0 Å².